The van der Waals surface area contributed by atoms with Crippen molar-refractivity contribution in [3.8, 4) is 5.75 Å². The predicted molar refractivity (Wildman–Crippen MR) is 84.8 cm³/mol. The van der Waals surface area contributed by atoms with E-state index in [4.69, 9.17) is 14.2 Å². The number of fused-ring (bicyclic) bond motifs is 1. The highest BCUT2D eigenvalue weighted by Gasteiger charge is 2.41. The molecule has 0 amide bonds. The quantitative estimate of drug-likeness (QED) is 0.851. The third-order valence-corrected chi connectivity index (χ3v) is 4.74. The van der Waals surface area contributed by atoms with Crippen molar-refractivity contribution in [2.75, 3.05) is 20.3 Å². The largest absolute Gasteiger partial charge is 0.493 e. The average Bonchev–Trinajstić information content (AvgIpc) is 2.90. The first kappa shape index (κ1) is 15.3. The summed E-state index contributed by atoms with van der Waals surface area (Å²) in [5.74, 6) is 1.06. The molecule has 1 heterocycles. The highest BCUT2D eigenvalue weighted by atomic mass is 79.9. The summed E-state index contributed by atoms with van der Waals surface area (Å²) in [4.78, 5) is 0. The van der Waals surface area contributed by atoms with Crippen LogP contribution in [-0.2, 0) is 22.4 Å². The van der Waals surface area contributed by atoms with Crippen LogP contribution in [0, 0.1) is 0 Å². The summed E-state index contributed by atoms with van der Waals surface area (Å²) in [5, 5.41) is 3.58. The van der Waals surface area contributed by atoms with Gasteiger partial charge in [-0.3, -0.25) is 0 Å². The van der Waals surface area contributed by atoms with E-state index < -0.39 is 0 Å². The van der Waals surface area contributed by atoms with Crippen LogP contribution >= 0.6 is 15.9 Å². The molecule has 1 aromatic carbocycles. The van der Waals surface area contributed by atoms with Crippen molar-refractivity contribution in [2.45, 2.75) is 44.6 Å². The molecular weight excluding hydrogens is 334 g/mol. The summed E-state index contributed by atoms with van der Waals surface area (Å²) >= 11 is 3.58. The first-order valence-electron chi connectivity index (χ1n) is 7.54. The van der Waals surface area contributed by atoms with Crippen LogP contribution in [0.25, 0.3) is 0 Å². The van der Waals surface area contributed by atoms with Crippen molar-refractivity contribution in [3.05, 3.63) is 27.7 Å². The number of rotatable bonds is 6. The number of benzene rings is 1. The Morgan fingerprint density at radius 1 is 1.43 bits per heavy atom. The van der Waals surface area contributed by atoms with Gasteiger partial charge in [0, 0.05) is 42.8 Å². The highest BCUT2D eigenvalue weighted by molar-refractivity contribution is 9.10. The van der Waals surface area contributed by atoms with E-state index in [0.29, 0.717) is 6.04 Å². The van der Waals surface area contributed by atoms with Gasteiger partial charge in [-0.1, -0.05) is 15.9 Å². The van der Waals surface area contributed by atoms with Crippen molar-refractivity contribution in [1.82, 2.24) is 5.32 Å². The van der Waals surface area contributed by atoms with E-state index in [-0.39, 0.29) is 12.2 Å². The van der Waals surface area contributed by atoms with Crippen LogP contribution in [0.15, 0.2) is 16.6 Å². The Morgan fingerprint density at radius 2 is 2.29 bits per heavy atom. The van der Waals surface area contributed by atoms with Gasteiger partial charge in [-0.25, -0.2) is 0 Å². The second kappa shape index (κ2) is 6.65. The summed E-state index contributed by atoms with van der Waals surface area (Å²) in [6, 6.07) is 4.64. The number of hydrogen-bond acceptors (Lipinski definition) is 4. The van der Waals surface area contributed by atoms with Crippen LogP contribution in [0.2, 0.25) is 0 Å². The lowest BCUT2D eigenvalue weighted by Crippen LogP contribution is -2.59. The van der Waals surface area contributed by atoms with Crippen LogP contribution in [0.3, 0.4) is 0 Å². The molecule has 0 spiro atoms. The van der Waals surface area contributed by atoms with Crippen molar-refractivity contribution < 1.29 is 14.2 Å². The molecule has 21 heavy (non-hydrogen) atoms. The van der Waals surface area contributed by atoms with Crippen LogP contribution in [0.1, 0.15) is 24.5 Å². The molecule has 1 fully saturated rings. The highest BCUT2D eigenvalue weighted by Crippen LogP contribution is 2.34. The third kappa shape index (κ3) is 3.11. The fourth-order valence-corrected chi connectivity index (χ4v) is 3.75. The van der Waals surface area contributed by atoms with Gasteiger partial charge in [-0.2, -0.15) is 0 Å². The van der Waals surface area contributed by atoms with Gasteiger partial charge >= 0.3 is 0 Å². The van der Waals surface area contributed by atoms with Crippen molar-refractivity contribution in [1.29, 1.82) is 0 Å². The molecular formula is C16H22BrNO3. The fraction of sp³-hybridized carbons (Fsp3) is 0.625. The van der Waals surface area contributed by atoms with E-state index in [0.717, 1.165) is 42.8 Å². The van der Waals surface area contributed by atoms with Crippen LogP contribution in [0.5, 0.6) is 5.75 Å². The van der Waals surface area contributed by atoms with Gasteiger partial charge in [0.2, 0.25) is 0 Å². The van der Waals surface area contributed by atoms with E-state index in [1.165, 1.54) is 11.1 Å². The molecule has 3 atom stereocenters. The minimum atomic E-state index is 0.145. The molecule has 1 aliphatic carbocycles. The lowest BCUT2D eigenvalue weighted by atomic mass is 9.85. The standard InChI is InChI=1S/C16H22BrNO3/c1-3-20-14-8-13(16(14)19-2)18-9-11-7-12(17)6-10-4-5-21-15(10)11/h6-7,13-14,16,18H,3-5,8-9H2,1-2H3. The monoisotopic (exact) mass is 355 g/mol. The number of nitrogens with one attached hydrogen (secondary N) is 1. The Balaban J connectivity index is 1.61. The summed E-state index contributed by atoms with van der Waals surface area (Å²) in [6.07, 6.45) is 2.37. The first-order valence-corrected chi connectivity index (χ1v) is 8.34. The fourth-order valence-electron chi connectivity index (χ4n) is 3.19. The zero-order valence-corrected chi connectivity index (χ0v) is 14.1. The Kier molecular flexibility index (Phi) is 4.84. The van der Waals surface area contributed by atoms with Gasteiger partial charge in [-0.05, 0) is 31.0 Å². The molecule has 4 nitrogen and oxygen atoms in total. The van der Waals surface area contributed by atoms with Gasteiger partial charge in [0.25, 0.3) is 0 Å². The van der Waals surface area contributed by atoms with E-state index in [1.807, 2.05) is 6.92 Å². The van der Waals surface area contributed by atoms with Gasteiger partial charge in [0.05, 0.1) is 18.8 Å². The summed E-state index contributed by atoms with van der Waals surface area (Å²) in [6.45, 7) is 4.35. The predicted octanol–water partition coefficient (Wildman–Crippen LogP) is 2.67. The third-order valence-electron chi connectivity index (χ3n) is 4.28. The second-order valence-electron chi connectivity index (χ2n) is 5.57. The minimum absolute atomic E-state index is 0.145. The topological polar surface area (TPSA) is 39.7 Å². The number of ether oxygens (including phenoxy) is 3. The molecule has 5 heteroatoms. The Bertz CT molecular complexity index is 509. The van der Waals surface area contributed by atoms with Crippen LogP contribution in [-0.4, -0.2) is 38.6 Å². The zero-order valence-electron chi connectivity index (χ0n) is 12.5. The molecule has 0 bridgehead atoms. The molecule has 0 radical (unpaired) electrons. The summed E-state index contributed by atoms with van der Waals surface area (Å²) in [7, 11) is 1.75. The SMILES string of the molecule is CCOC1CC(NCc2cc(Br)cc3c2OCC3)C1OC. The molecule has 1 saturated carbocycles. The van der Waals surface area contributed by atoms with Crippen molar-refractivity contribution in [2.24, 2.45) is 0 Å². The molecule has 1 aliphatic heterocycles. The Labute approximate surface area is 134 Å². The molecule has 116 valence electrons. The first-order chi connectivity index (χ1) is 10.2. The maximum atomic E-state index is 5.76. The van der Waals surface area contributed by atoms with Gasteiger partial charge < -0.3 is 19.5 Å². The van der Waals surface area contributed by atoms with Crippen LogP contribution in [0.4, 0.5) is 0 Å². The lowest BCUT2D eigenvalue weighted by molar-refractivity contribution is -0.131. The van der Waals surface area contributed by atoms with Crippen molar-refractivity contribution in [3.63, 3.8) is 0 Å². The summed E-state index contributed by atoms with van der Waals surface area (Å²) in [5.41, 5.74) is 2.51. The smallest absolute Gasteiger partial charge is 0.127 e. The molecule has 0 aromatic heterocycles. The molecule has 2 aliphatic rings. The summed E-state index contributed by atoms with van der Waals surface area (Å²) < 4.78 is 18.1. The number of methoxy groups -OCH3 is 1. The Morgan fingerprint density at radius 3 is 3.05 bits per heavy atom. The minimum Gasteiger partial charge on any atom is -0.493 e. The Hall–Kier alpha value is -0.620. The zero-order chi connectivity index (χ0) is 14.8. The van der Waals surface area contributed by atoms with Crippen molar-refractivity contribution >= 4 is 15.9 Å². The van der Waals surface area contributed by atoms with Gasteiger partial charge in [0.1, 0.15) is 5.75 Å². The number of halogens is 1. The lowest BCUT2D eigenvalue weighted by Gasteiger charge is -2.43. The normalized spacial score (nSPS) is 27.1. The molecule has 3 unspecified atom stereocenters. The van der Waals surface area contributed by atoms with Gasteiger partial charge in [0.15, 0.2) is 0 Å². The molecule has 1 aromatic rings. The maximum Gasteiger partial charge on any atom is 0.127 e. The van der Waals surface area contributed by atoms with E-state index in [9.17, 15) is 0 Å². The average molecular weight is 356 g/mol. The second-order valence-corrected chi connectivity index (χ2v) is 6.48. The molecule has 0 saturated heterocycles. The number of hydrogen-bond donors (Lipinski definition) is 1. The molecule has 3 rings (SSSR count). The molecule has 1 N–H and O–H groups in total. The van der Waals surface area contributed by atoms with E-state index in [1.54, 1.807) is 7.11 Å². The van der Waals surface area contributed by atoms with E-state index >= 15 is 0 Å². The van der Waals surface area contributed by atoms with Gasteiger partial charge in [-0.15, -0.1) is 0 Å². The maximum absolute atomic E-state index is 5.76. The van der Waals surface area contributed by atoms with E-state index in [2.05, 4.69) is 33.4 Å². The van der Waals surface area contributed by atoms with Crippen LogP contribution < -0.4 is 10.1 Å².